The first-order valence-electron chi connectivity index (χ1n) is 21.2. The van der Waals surface area contributed by atoms with Gasteiger partial charge in [0.1, 0.15) is 48.4 Å². The predicted octanol–water partition coefficient (Wildman–Crippen LogP) is 16.0. The molecule has 55 heavy (non-hydrogen) atoms. The van der Waals surface area contributed by atoms with Gasteiger partial charge in [-0.15, -0.1) is 0 Å². The van der Waals surface area contributed by atoms with Crippen molar-refractivity contribution in [2.75, 3.05) is 31.3 Å². The summed E-state index contributed by atoms with van der Waals surface area (Å²) < 4.78 is 26.0. The van der Waals surface area contributed by atoms with Crippen LogP contribution in [0.25, 0.3) is 0 Å². The van der Waals surface area contributed by atoms with Crippen LogP contribution in [0.5, 0.6) is 23.0 Å². The summed E-state index contributed by atoms with van der Waals surface area (Å²) in [4.78, 5) is 0. The van der Waals surface area contributed by atoms with Gasteiger partial charge in [-0.1, -0.05) is 196 Å². The molecule has 0 fully saturated rings. The van der Waals surface area contributed by atoms with E-state index in [0.717, 1.165) is 64.0 Å². The number of ether oxygens (including phenoxy) is 4. The second kappa shape index (κ2) is 35.1. The molecule has 6 heteroatoms. The van der Waals surface area contributed by atoms with Gasteiger partial charge >= 0.3 is 0 Å². The van der Waals surface area contributed by atoms with Crippen LogP contribution in [-0.2, 0) is 12.8 Å². The van der Waals surface area contributed by atoms with Crippen molar-refractivity contribution < 1.29 is 18.9 Å². The van der Waals surface area contributed by atoms with Crippen LogP contribution in [0.2, 0.25) is 0 Å². The molecule has 0 unspecified atom stereocenters. The summed E-state index contributed by atoms with van der Waals surface area (Å²) >= 11 is 0. The standard InChI is InChI=1S/C33H34O4P2.8C2H6/c1-38(21-34-30-15-7-3-11-26(30)19-27-12-4-8-16-31(27)35-22-38)25-39(2)23-36-32-17-9-5-13-28(32)20-29-14-6-10-18-33(29)37-24-39;8*1-2/h3-18H,1-2,19-25H2;8*1-2H3. The van der Waals surface area contributed by atoms with E-state index in [4.69, 9.17) is 31.5 Å². The average Bonchev–Trinajstić information content (AvgIpc) is 3.28. The Balaban J connectivity index is -0.00000151. The minimum absolute atomic E-state index is 0.524. The van der Waals surface area contributed by atoms with Gasteiger partial charge < -0.3 is 18.9 Å². The Morgan fingerprint density at radius 1 is 0.345 bits per heavy atom. The summed E-state index contributed by atoms with van der Waals surface area (Å²) in [5, 5.41) is 0. The predicted molar refractivity (Wildman–Crippen MR) is 257 cm³/mol. The van der Waals surface area contributed by atoms with E-state index in [2.05, 4.69) is 72.8 Å². The van der Waals surface area contributed by atoms with Crippen LogP contribution in [0.1, 0.15) is 133 Å². The van der Waals surface area contributed by atoms with Crippen LogP contribution in [0.3, 0.4) is 0 Å². The van der Waals surface area contributed by atoms with E-state index in [9.17, 15) is 0 Å². The molecule has 0 saturated heterocycles. The molecule has 0 atom stereocenters. The highest BCUT2D eigenvalue weighted by molar-refractivity contribution is 7.89. The molecule has 0 aliphatic carbocycles. The SMILES string of the molecule is C=P1(CP2(=C)COc3ccccc3Cc3ccccc3OC2)COc2ccccc2Cc2ccccc2OC1.CC.CC.CC.CC.CC.CC.CC.CC. The third kappa shape index (κ3) is 19.4. The van der Waals surface area contributed by atoms with Crippen molar-refractivity contribution in [3.05, 3.63) is 119 Å². The molecule has 2 aliphatic rings. The average molecular weight is 797 g/mol. The zero-order chi connectivity index (χ0) is 42.7. The molecule has 0 bridgehead atoms. The molecule has 4 aromatic rings. The fourth-order valence-corrected chi connectivity index (χ4v) is 13.5. The van der Waals surface area contributed by atoms with Crippen LogP contribution in [0, 0.1) is 0 Å². The number of hydrogen-bond donors (Lipinski definition) is 0. The Kier molecular flexibility index (Phi) is 35.8. The maximum Gasteiger partial charge on any atom is 0.123 e. The molecule has 6 rings (SSSR count). The maximum absolute atomic E-state index is 6.51. The summed E-state index contributed by atoms with van der Waals surface area (Å²) in [5.74, 6) is 4.47. The van der Waals surface area contributed by atoms with Crippen molar-refractivity contribution in [2.24, 2.45) is 0 Å². The fraction of sp³-hybridized carbons (Fsp3) is 0.469. The van der Waals surface area contributed by atoms with Crippen molar-refractivity contribution in [1.29, 1.82) is 0 Å². The molecule has 312 valence electrons. The number of para-hydroxylation sites is 4. The molecule has 0 saturated carbocycles. The largest absolute Gasteiger partial charge is 0.489 e. The molecule has 2 aliphatic heterocycles. The second-order valence-electron chi connectivity index (χ2n) is 10.7. The Hall–Kier alpha value is -3.32. The molecule has 0 radical (unpaired) electrons. The lowest BCUT2D eigenvalue weighted by Crippen LogP contribution is -2.18. The van der Waals surface area contributed by atoms with E-state index in [1.54, 1.807) is 0 Å². The van der Waals surface area contributed by atoms with Gasteiger partial charge in [0.2, 0.25) is 0 Å². The Morgan fingerprint density at radius 2 is 0.527 bits per heavy atom. The van der Waals surface area contributed by atoms with Crippen LogP contribution in [0.4, 0.5) is 0 Å². The molecule has 4 aromatic carbocycles. The molecule has 0 aromatic heterocycles. The highest BCUT2D eigenvalue weighted by Crippen LogP contribution is 2.61. The zero-order valence-corrected chi connectivity index (χ0v) is 39.9. The van der Waals surface area contributed by atoms with E-state index in [-0.39, 0.29) is 0 Å². The third-order valence-corrected chi connectivity index (χ3v) is 14.7. The number of fused-ring (bicyclic) bond motifs is 4. The first-order chi connectivity index (χ1) is 27.0. The van der Waals surface area contributed by atoms with Crippen molar-refractivity contribution in [1.82, 2.24) is 0 Å². The summed E-state index contributed by atoms with van der Waals surface area (Å²) in [6.07, 6.45) is 13.2. The lowest BCUT2D eigenvalue weighted by Gasteiger charge is -2.34. The van der Waals surface area contributed by atoms with Gasteiger partial charge in [-0.05, 0) is 66.2 Å². The van der Waals surface area contributed by atoms with E-state index in [1.165, 1.54) is 0 Å². The van der Waals surface area contributed by atoms with Crippen molar-refractivity contribution in [3.8, 4) is 23.0 Å². The maximum atomic E-state index is 6.51. The quantitative estimate of drug-likeness (QED) is 0.189. The van der Waals surface area contributed by atoms with Crippen LogP contribution in [-0.4, -0.2) is 43.9 Å². The number of rotatable bonds is 2. The molecule has 4 nitrogen and oxygen atoms in total. The van der Waals surface area contributed by atoms with E-state index in [1.807, 2.05) is 135 Å². The van der Waals surface area contributed by atoms with E-state index < -0.39 is 13.8 Å². The van der Waals surface area contributed by atoms with E-state index >= 15 is 0 Å². The molecular formula is C49H82O4P2. The normalized spacial score (nSPS) is 13.4. The van der Waals surface area contributed by atoms with Gasteiger partial charge in [0.25, 0.3) is 0 Å². The smallest absolute Gasteiger partial charge is 0.123 e. The summed E-state index contributed by atoms with van der Waals surface area (Å²) in [5.41, 5.74) is 4.61. The molecular weight excluding hydrogens is 714 g/mol. The molecule has 0 spiro atoms. The lowest BCUT2D eigenvalue weighted by molar-refractivity contribution is 0.352. The van der Waals surface area contributed by atoms with Gasteiger partial charge in [-0.2, -0.15) is 0 Å². The van der Waals surface area contributed by atoms with Gasteiger partial charge in [0, 0.05) is 12.8 Å². The fourth-order valence-electron chi connectivity index (χ4n) is 5.27. The van der Waals surface area contributed by atoms with Crippen molar-refractivity contribution in [2.45, 2.75) is 124 Å². The molecule has 0 amide bonds. The first-order valence-corrected chi connectivity index (χ1v) is 26.3. The van der Waals surface area contributed by atoms with Crippen LogP contribution < -0.4 is 18.9 Å². The third-order valence-electron chi connectivity index (χ3n) is 7.23. The highest BCUT2D eigenvalue weighted by Gasteiger charge is 2.29. The summed E-state index contributed by atoms with van der Waals surface area (Å²) in [6.45, 7) is 28.0. The van der Waals surface area contributed by atoms with Crippen molar-refractivity contribution >= 4 is 26.4 Å². The minimum atomic E-state index is -2.02. The van der Waals surface area contributed by atoms with Crippen molar-refractivity contribution in [3.63, 3.8) is 0 Å². The summed E-state index contributed by atoms with van der Waals surface area (Å²) in [7, 11) is 0. The van der Waals surface area contributed by atoms with Gasteiger partial charge in [0.05, 0.1) is 0 Å². The van der Waals surface area contributed by atoms with E-state index in [0.29, 0.717) is 25.4 Å². The van der Waals surface area contributed by atoms with Gasteiger partial charge in [-0.3, -0.25) is 0 Å². The van der Waals surface area contributed by atoms with Gasteiger partial charge in [0.15, 0.2) is 0 Å². The Morgan fingerprint density at radius 3 is 0.727 bits per heavy atom. The second-order valence-corrected chi connectivity index (χ2v) is 18.2. The monoisotopic (exact) mass is 797 g/mol. The molecule has 2 heterocycles. The van der Waals surface area contributed by atoms with Crippen LogP contribution in [0.15, 0.2) is 97.1 Å². The zero-order valence-electron chi connectivity index (χ0n) is 38.1. The van der Waals surface area contributed by atoms with Crippen LogP contribution >= 0.6 is 13.8 Å². The minimum Gasteiger partial charge on any atom is -0.489 e. The van der Waals surface area contributed by atoms with Gasteiger partial charge in [-0.25, -0.2) is 0 Å². The Bertz CT molecular complexity index is 1360. The highest BCUT2D eigenvalue weighted by atomic mass is 31.2. The topological polar surface area (TPSA) is 36.9 Å². The Labute approximate surface area is 341 Å². The number of hydrogen-bond acceptors (Lipinski definition) is 4. The number of benzene rings is 4. The lowest BCUT2D eigenvalue weighted by atomic mass is 10.0. The molecule has 0 N–H and O–H groups in total. The first kappa shape index (κ1) is 56.0. The summed E-state index contributed by atoms with van der Waals surface area (Å²) in [6, 6.07) is 33.1.